The van der Waals surface area contributed by atoms with Gasteiger partial charge >= 0.3 is 0 Å². The van der Waals surface area contributed by atoms with E-state index in [1.807, 2.05) is 0 Å². The van der Waals surface area contributed by atoms with Crippen molar-refractivity contribution in [3.05, 3.63) is 0 Å². The standard InChI is InChI=1S/C15H26N2O2/c18-15(13-2-1-3-13)16-14-4-7-17(8-5-14)10-12-6-9-19-11-12/h12-14H,1-11H2,(H,16,18). The normalized spacial score (nSPS) is 30.2. The molecule has 0 spiro atoms. The predicted molar refractivity (Wildman–Crippen MR) is 73.9 cm³/mol. The first kappa shape index (κ1) is 13.4. The lowest BCUT2D eigenvalue weighted by molar-refractivity contribution is -0.128. The summed E-state index contributed by atoms with van der Waals surface area (Å²) in [6.07, 6.45) is 6.90. The van der Waals surface area contributed by atoms with E-state index in [0.717, 1.165) is 57.9 Å². The maximum Gasteiger partial charge on any atom is 0.223 e. The highest BCUT2D eigenvalue weighted by Crippen LogP contribution is 2.27. The van der Waals surface area contributed by atoms with Crippen LogP contribution in [0.3, 0.4) is 0 Å². The second-order valence-electron chi connectivity index (χ2n) is 6.44. The number of likely N-dealkylation sites (tertiary alicyclic amines) is 1. The van der Waals surface area contributed by atoms with E-state index in [2.05, 4.69) is 10.2 Å². The number of nitrogens with zero attached hydrogens (tertiary/aromatic N) is 1. The lowest BCUT2D eigenvalue weighted by atomic mass is 9.84. The Morgan fingerprint density at radius 3 is 2.53 bits per heavy atom. The topological polar surface area (TPSA) is 41.6 Å². The Bertz CT molecular complexity index is 303. The number of ether oxygens (including phenoxy) is 1. The number of nitrogens with one attached hydrogen (secondary N) is 1. The summed E-state index contributed by atoms with van der Waals surface area (Å²) >= 11 is 0. The van der Waals surface area contributed by atoms with Gasteiger partial charge in [0.25, 0.3) is 0 Å². The molecule has 1 aliphatic carbocycles. The fourth-order valence-electron chi connectivity index (χ4n) is 3.34. The third-order valence-corrected chi connectivity index (χ3v) is 4.95. The van der Waals surface area contributed by atoms with E-state index >= 15 is 0 Å². The minimum Gasteiger partial charge on any atom is -0.381 e. The van der Waals surface area contributed by atoms with Gasteiger partial charge in [-0.25, -0.2) is 0 Å². The largest absolute Gasteiger partial charge is 0.381 e. The van der Waals surface area contributed by atoms with Crippen LogP contribution in [0, 0.1) is 11.8 Å². The van der Waals surface area contributed by atoms with Crippen LogP contribution in [0.4, 0.5) is 0 Å². The Labute approximate surface area is 115 Å². The molecule has 4 heteroatoms. The van der Waals surface area contributed by atoms with Gasteiger partial charge in [0.15, 0.2) is 0 Å². The Hall–Kier alpha value is -0.610. The van der Waals surface area contributed by atoms with Crippen LogP contribution in [0.5, 0.6) is 0 Å². The van der Waals surface area contributed by atoms with E-state index in [1.54, 1.807) is 0 Å². The van der Waals surface area contributed by atoms with Gasteiger partial charge in [-0.3, -0.25) is 4.79 Å². The molecule has 1 atom stereocenters. The Morgan fingerprint density at radius 1 is 1.16 bits per heavy atom. The molecule has 0 aromatic rings. The second kappa shape index (κ2) is 6.23. The monoisotopic (exact) mass is 266 g/mol. The van der Waals surface area contributed by atoms with Crippen molar-refractivity contribution in [2.45, 2.75) is 44.6 Å². The van der Waals surface area contributed by atoms with Crippen LogP contribution < -0.4 is 5.32 Å². The highest BCUT2D eigenvalue weighted by molar-refractivity contribution is 5.79. The van der Waals surface area contributed by atoms with E-state index < -0.39 is 0 Å². The molecule has 1 amide bonds. The van der Waals surface area contributed by atoms with E-state index in [-0.39, 0.29) is 0 Å². The first-order valence-corrected chi connectivity index (χ1v) is 7.92. The Morgan fingerprint density at radius 2 is 1.95 bits per heavy atom. The maximum absolute atomic E-state index is 11.9. The zero-order valence-electron chi connectivity index (χ0n) is 11.8. The van der Waals surface area contributed by atoms with Gasteiger partial charge in [-0.2, -0.15) is 0 Å². The first-order valence-electron chi connectivity index (χ1n) is 7.92. The van der Waals surface area contributed by atoms with Crippen LogP contribution in [0.1, 0.15) is 38.5 Å². The van der Waals surface area contributed by atoms with Crippen LogP contribution in [0.25, 0.3) is 0 Å². The number of carbonyl (C=O) groups is 1. The van der Waals surface area contributed by atoms with Crippen molar-refractivity contribution in [3.8, 4) is 0 Å². The molecule has 0 bridgehead atoms. The summed E-state index contributed by atoms with van der Waals surface area (Å²) in [4.78, 5) is 14.5. The van der Waals surface area contributed by atoms with E-state index in [0.29, 0.717) is 17.9 Å². The van der Waals surface area contributed by atoms with Gasteiger partial charge in [0.2, 0.25) is 5.91 Å². The molecular weight excluding hydrogens is 240 g/mol. The molecule has 3 rings (SSSR count). The van der Waals surface area contributed by atoms with Gasteiger partial charge in [-0.1, -0.05) is 6.42 Å². The van der Waals surface area contributed by atoms with Crippen molar-refractivity contribution in [3.63, 3.8) is 0 Å². The highest BCUT2D eigenvalue weighted by atomic mass is 16.5. The number of amides is 1. The van der Waals surface area contributed by atoms with E-state index in [1.165, 1.54) is 19.4 Å². The Kier molecular flexibility index (Phi) is 4.38. The molecule has 2 heterocycles. The molecule has 4 nitrogen and oxygen atoms in total. The van der Waals surface area contributed by atoms with Crippen LogP contribution in [0.2, 0.25) is 0 Å². The summed E-state index contributed by atoms with van der Waals surface area (Å²) in [5.74, 6) is 1.38. The summed E-state index contributed by atoms with van der Waals surface area (Å²) in [6, 6.07) is 0.421. The molecule has 0 aromatic heterocycles. The van der Waals surface area contributed by atoms with E-state index in [4.69, 9.17) is 4.74 Å². The number of carbonyl (C=O) groups excluding carboxylic acids is 1. The zero-order chi connectivity index (χ0) is 13.1. The summed E-state index contributed by atoms with van der Waals surface area (Å²) in [7, 11) is 0. The summed E-state index contributed by atoms with van der Waals surface area (Å²) < 4.78 is 5.43. The number of hydrogen-bond donors (Lipinski definition) is 1. The second-order valence-corrected chi connectivity index (χ2v) is 6.44. The first-order chi connectivity index (χ1) is 9.31. The van der Waals surface area contributed by atoms with Crippen LogP contribution in [-0.2, 0) is 9.53 Å². The summed E-state index contributed by atoms with van der Waals surface area (Å²) in [5, 5.41) is 3.24. The van der Waals surface area contributed by atoms with Gasteiger partial charge in [-0.15, -0.1) is 0 Å². The molecule has 1 unspecified atom stereocenters. The van der Waals surface area contributed by atoms with Crippen LogP contribution in [-0.4, -0.2) is 49.7 Å². The van der Waals surface area contributed by atoms with Gasteiger partial charge < -0.3 is 15.0 Å². The summed E-state index contributed by atoms with van der Waals surface area (Å²) in [5.41, 5.74) is 0. The van der Waals surface area contributed by atoms with Crippen LogP contribution in [0.15, 0.2) is 0 Å². The third-order valence-electron chi connectivity index (χ3n) is 4.95. The molecule has 2 saturated heterocycles. The molecule has 2 aliphatic heterocycles. The number of piperidine rings is 1. The minimum atomic E-state index is 0.314. The zero-order valence-corrected chi connectivity index (χ0v) is 11.8. The summed E-state index contributed by atoms with van der Waals surface area (Å²) in [6.45, 7) is 5.33. The van der Waals surface area contributed by atoms with Crippen molar-refractivity contribution in [1.29, 1.82) is 0 Å². The lowest BCUT2D eigenvalue weighted by Gasteiger charge is -2.35. The molecule has 1 N–H and O–H groups in total. The molecule has 1 saturated carbocycles. The molecule has 19 heavy (non-hydrogen) atoms. The average molecular weight is 266 g/mol. The van der Waals surface area contributed by atoms with Crippen molar-refractivity contribution >= 4 is 5.91 Å². The molecular formula is C15H26N2O2. The SMILES string of the molecule is O=C(NC1CCN(CC2CCOC2)CC1)C1CCC1. The predicted octanol–water partition coefficient (Wildman–Crippen LogP) is 1.40. The lowest BCUT2D eigenvalue weighted by Crippen LogP contribution is -2.48. The van der Waals surface area contributed by atoms with E-state index in [9.17, 15) is 4.79 Å². The number of hydrogen-bond acceptors (Lipinski definition) is 3. The van der Waals surface area contributed by atoms with Crippen molar-refractivity contribution in [2.75, 3.05) is 32.8 Å². The number of rotatable bonds is 4. The van der Waals surface area contributed by atoms with Crippen molar-refractivity contribution in [1.82, 2.24) is 10.2 Å². The fraction of sp³-hybridized carbons (Fsp3) is 0.933. The maximum atomic E-state index is 11.9. The van der Waals surface area contributed by atoms with Crippen molar-refractivity contribution in [2.24, 2.45) is 11.8 Å². The minimum absolute atomic E-state index is 0.314. The average Bonchev–Trinajstić information content (AvgIpc) is 2.82. The molecule has 3 fully saturated rings. The molecule has 3 aliphatic rings. The fourth-order valence-corrected chi connectivity index (χ4v) is 3.34. The van der Waals surface area contributed by atoms with Gasteiger partial charge in [0, 0.05) is 38.2 Å². The third kappa shape index (κ3) is 3.48. The van der Waals surface area contributed by atoms with Crippen molar-refractivity contribution < 1.29 is 9.53 Å². The molecule has 0 aromatic carbocycles. The van der Waals surface area contributed by atoms with Gasteiger partial charge in [0.05, 0.1) is 6.61 Å². The van der Waals surface area contributed by atoms with Crippen LogP contribution >= 0.6 is 0 Å². The Balaban J connectivity index is 1.35. The smallest absolute Gasteiger partial charge is 0.223 e. The van der Waals surface area contributed by atoms with Gasteiger partial charge in [-0.05, 0) is 38.0 Å². The van der Waals surface area contributed by atoms with Gasteiger partial charge in [0.1, 0.15) is 0 Å². The molecule has 108 valence electrons. The quantitative estimate of drug-likeness (QED) is 0.836. The molecule has 0 radical (unpaired) electrons. The highest BCUT2D eigenvalue weighted by Gasteiger charge is 2.29.